The number of methoxy groups -OCH3 is 1. The molecule has 0 saturated carbocycles. The van der Waals surface area contributed by atoms with E-state index < -0.39 is 0 Å². The molecule has 0 radical (unpaired) electrons. The predicted octanol–water partition coefficient (Wildman–Crippen LogP) is 3.17. The van der Waals surface area contributed by atoms with Crippen LogP contribution in [0.1, 0.15) is 0 Å². The summed E-state index contributed by atoms with van der Waals surface area (Å²) in [7, 11) is 1.51. The number of hydrogen-bond donors (Lipinski definition) is 1. The highest BCUT2D eigenvalue weighted by Crippen LogP contribution is 2.31. The van der Waals surface area contributed by atoms with Crippen molar-refractivity contribution in [1.29, 1.82) is 0 Å². The van der Waals surface area contributed by atoms with E-state index in [1.165, 1.54) is 19.4 Å². The Balaban J connectivity index is 2.25. The number of hydrogen-bond acceptors (Lipinski definition) is 4. The van der Waals surface area contributed by atoms with Crippen molar-refractivity contribution in [2.45, 2.75) is 0 Å². The van der Waals surface area contributed by atoms with E-state index in [9.17, 15) is 9.90 Å². The monoisotopic (exact) mass is 268 g/mol. The van der Waals surface area contributed by atoms with Gasteiger partial charge in [0, 0.05) is 11.6 Å². The van der Waals surface area contributed by atoms with Crippen LogP contribution in [-0.4, -0.2) is 12.2 Å². The van der Waals surface area contributed by atoms with Gasteiger partial charge in [-0.1, -0.05) is 12.1 Å². The smallest absolute Gasteiger partial charge is 0.200 e. The fraction of sp³-hybridized carbons (Fsp3) is 0.0625. The maximum atomic E-state index is 12.4. The number of fused-ring (bicyclic) bond motifs is 1. The summed E-state index contributed by atoms with van der Waals surface area (Å²) >= 11 is 0. The van der Waals surface area contributed by atoms with Crippen LogP contribution in [0.5, 0.6) is 11.5 Å². The van der Waals surface area contributed by atoms with Crippen molar-refractivity contribution in [3.63, 3.8) is 0 Å². The van der Waals surface area contributed by atoms with E-state index in [2.05, 4.69) is 0 Å². The molecule has 1 aromatic heterocycles. The van der Waals surface area contributed by atoms with Crippen molar-refractivity contribution < 1.29 is 14.3 Å². The van der Waals surface area contributed by atoms with Crippen LogP contribution < -0.4 is 10.2 Å². The fourth-order valence-electron chi connectivity index (χ4n) is 2.13. The van der Waals surface area contributed by atoms with E-state index in [1.54, 1.807) is 36.4 Å². The Hall–Kier alpha value is -2.75. The average Bonchev–Trinajstić information content (AvgIpc) is 2.48. The lowest BCUT2D eigenvalue weighted by Crippen LogP contribution is -2.04. The Bertz CT molecular complexity index is 833. The molecule has 0 aliphatic heterocycles. The highest BCUT2D eigenvalue weighted by molar-refractivity contribution is 5.82. The lowest BCUT2D eigenvalue weighted by atomic mass is 10.0. The average molecular weight is 268 g/mol. The third-order valence-electron chi connectivity index (χ3n) is 3.18. The molecule has 0 fully saturated rings. The fourth-order valence-corrected chi connectivity index (χ4v) is 2.13. The molecule has 0 amide bonds. The largest absolute Gasteiger partial charge is 0.507 e. The molecule has 4 heteroatoms. The third-order valence-corrected chi connectivity index (χ3v) is 3.18. The second-order valence-corrected chi connectivity index (χ2v) is 4.36. The van der Waals surface area contributed by atoms with E-state index in [0.29, 0.717) is 27.8 Å². The molecule has 100 valence electrons. The molecule has 0 spiro atoms. The summed E-state index contributed by atoms with van der Waals surface area (Å²) in [6, 6.07) is 11.8. The van der Waals surface area contributed by atoms with Crippen LogP contribution in [0.2, 0.25) is 0 Å². The summed E-state index contributed by atoms with van der Waals surface area (Å²) in [5, 5.41) is 10.5. The minimum absolute atomic E-state index is 0.0214. The van der Waals surface area contributed by atoms with E-state index in [4.69, 9.17) is 9.15 Å². The molecule has 2 aromatic carbocycles. The standard InChI is InChI=1S/C16H12O4/c1-19-10-6-7-11(14(17)8-10)13-9-20-15-5-3-2-4-12(15)16(13)18/h2-9,17H,1H3. The molecule has 0 aliphatic carbocycles. The Kier molecular flexibility index (Phi) is 2.91. The zero-order chi connectivity index (χ0) is 14.1. The van der Waals surface area contributed by atoms with Crippen molar-refractivity contribution in [1.82, 2.24) is 0 Å². The summed E-state index contributed by atoms with van der Waals surface area (Å²) in [4.78, 5) is 12.4. The van der Waals surface area contributed by atoms with Crippen molar-refractivity contribution in [3.05, 3.63) is 59.0 Å². The minimum Gasteiger partial charge on any atom is -0.507 e. The normalized spacial score (nSPS) is 10.7. The number of rotatable bonds is 2. The topological polar surface area (TPSA) is 59.7 Å². The predicted molar refractivity (Wildman–Crippen MR) is 76.1 cm³/mol. The van der Waals surface area contributed by atoms with Gasteiger partial charge < -0.3 is 14.3 Å². The number of ether oxygens (including phenoxy) is 1. The van der Waals surface area contributed by atoms with Crippen LogP contribution >= 0.6 is 0 Å². The second-order valence-electron chi connectivity index (χ2n) is 4.36. The molecule has 1 N–H and O–H groups in total. The zero-order valence-corrected chi connectivity index (χ0v) is 10.8. The maximum absolute atomic E-state index is 12.4. The molecule has 0 atom stereocenters. The van der Waals surface area contributed by atoms with E-state index in [1.807, 2.05) is 0 Å². The van der Waals surface area contributed by atoms with Crippen LogP contribution in [-0.2, 0) is 0 Å². The van der Waals surface area contributed by atoms with Crippen molar-refractivity contribution in [2.75, 3.05) is 7.11 Å². The first-order valence-corrected chi connectivity index (χ1v) is 6.08. The first-order valence-electron chi connectivity index (χ1n) is 6.08. The molecule has 0 saturated heterocycles. The van der Waals surface area contributed by atoms with Gasteiger partial charge in [-0.15, -0.1) is 0 Å². The van der Waals surface area contributed by atoms with Crippen LogP contribution in [0, 0.1) is 0 Å². The van der Waals surface area contributed by atoms with Crippen LogP contribution in [0.15, 0.2) is 57.9 Å². The zero-order valence-electron chi connectivity index (χ0n) is 10.8. The molecule has 20 heavy (non-hydrogen) atoms. The van der Waals surface area contributed by atoms with Crippen LogP contribution in [0.4, 0.5) is 0 Å². The van der Waals surface area contributed by atoms with Gasteiger partial charge in [-0.2, -0.15) is 0 Å². The molecule has 1 heterocycles. The van der Waals surface area contributed by atoms with Crippen LogP contribution in [0.25, 0.3) is 22.1 Å². The number of phenolic OH excluding ortho intramolecular Hbond substituents is 1. The summed E-state index contributed by atoms with van der Waals surface area (Å²) in [5.74, 6) is 0.503. The Morgan fingerprint density at radius 2 is 1.90 bits per heavy atom. The molecule has 4 nitrogen and oxygen atoms in total. The molecule has 3 rings (SSSR count). The Morgan fingerprint density at radius 1 is 1.10 bits per heavy atom. The van der Waals surface area contributed by atoms with Gasteiger partial charge in [-0.05, 0) is 24.3 Å². The highest BCUT2D eigenvalue weighted by atomic mass is 16.5. The molecular formula is C16H12O4. The number of para-hydroxylation sites is 1. The van der Waals surface area contributed by atoms with Crippen molar-refractivity contribution in [3.8, 4) is 22.6 Å². The van der Waals surface area contributed by atoms with Gasteiger partial charge in [-0.25, -0.2) is 0 Å². The first-order chi connectivity index (χ1) is 9.70. The lowest BCUT2D eigenvalue weighted by molar-refractivity contribution is 0.408. The van der Waals surface area contributed by atoms with Gasteiger partial charge in [0.05, 0.1) is 18.1 Å². The Labute approximate surface area is 114 Å². The molecule has 0 unspecified atom stereocenters. The molecule has 3 aromatic rings. The van der Waals surface area contributed by atoms with Gasteiger partial charge in [-0.3, -0.25) is 4.79 Å². The van der Waals surface area contributed by atoms with Crippen molar-refractivity contribution in [2.24, 2.45) is 0 Å². The molecule has 0 aliphatic rings. The summed E-state index contributed by atoms with van der Waals surface area (Å²) < 4.78 is 10.5. The van der Waals surface area contributed by atoms with E-state index in [-0.39, 0.29) is 11.2 Å². The summed E-state index contributed by atoms with van der Waals surface area (Å²) in [6.45, 7) is 0. The maximum Gasteiger partial charge on any atom is 0.200 e. The van der Waals surface area contributed by atoms with Gasteiger partial charge in [0.2, 0.25) is 5.43 Å². The second kappa shape index (κ2) is 4.74. The third kappa shape index (κ3) is 1.91. The minimum atomic E-state index is -0.174. The molecular weight excluding hydrogens is 256 g/mol. The van der Waals surface area contributed by atoms with E-state index in [0.717, 1.165) is 0 Å². The van der Waals surface area contributed by atoms with Crippen molar-refractivity contribution >= 4 is 11.0 Å². The lowest BCUT2D eigenvalue weighted by Gasteiger charge is -2.07. The Morgan fingerprint density at radius 3 is 2.65 bits per heavy atom. The summed E-state index contributed by atoms with van der Waals surface area (Å²) in [6.07, 6.45) is 1.37. The van der Waals surface area contributed by atoms with Gasteiger partial charge in [0.15, 0.2) is 0 Å². The van der Waals surface area contributed by atoms with Gasteiger partial charge >= 0.3 is 0 Å². The molecule has 0 bridgehead atoms. The highest BCUT2D eigenvalue weighted by Gasteiger charge is 2.12. The quantitative estimate of drug-likeness (QED) is 0.775. The number of benzene rings is 2. The first kappa shape index (κ1) is 12.3. The SMILES string of the molecule is COc1ccc(-c2coc3ccccc3c2=O)c(O)c1. The van der Waals surface area contributed by atoms with Gasteiger partial charge in [0.1, 0.15) is 23.3 Å². The number of phenols is 1. The van der Waals surface area contributed by atoms with E-state index >= 15 is 0 Å². The van der Waals surface area contributed by atoms with Gasteiger partial charge in [0.25, 0.3) is 0 Å². The van der Waals surface area contributed by atoms with Crippen LogP contribution in [0.3, 0.4) is 0 Å². The number of aromatic hydroxyl groups is 1. The summed E-state index contributed by atoms with van der Waals surface area (Å²) in [5.41, 5.74) is 1.09.